The van der Waals surface area contributed by atoms with Crippen LogP contribution >= 0.6 is 0 Å². The van der Waals surface area contributed by atoms with Gasteiger partial charge < -0.3 is 4.98 Å². The molecule has 0 aliphatic carbocycles. The molecule has 0 spiro atoms. The van der Waals surface area contributed by atoms with Gasteiger partial charge in [-0.25, -0.2) is 9.67 Å². The Kier molecular flexibility index (Phi) is 2.64. The van der Waals surface area contributed by atoms with Gasteiger partial charge in [0, 0.05) is 25.2 Å². The van der Waals surface area contributed by atoms with Gasteiger partial charge in [0.25, 0.3) is 0 Å². The number of imidazole rings is 1. The molecular weight excluding hydrogens is 228 g/mol. The molecule has 0 aliphatic rings. The van der Waals surface area contributed by atoms with E-state index in [9.17, 15) is 4.79 Å². The Bertz CT molecular complexity index is 636. The average Bonchev–Trinajstić information content (AvgIpc) is 3.04. The molecule has 5 heteroatoms. The molecular formula is C13H12N4O. The van der Waals surface area contributed by atoms with Crippen molar-refractivity contribution in [2.24, 2.45) is 0 Å². The highest BCUT2D eigenvalue weighted by atomic mass is 16.2. The van der Waals surface area contributed by atoms with E-state index in [0.717, 1.165) is 16.9 Å². The molecule has 0 unspecified atom stereocenters. The predicted molar refractivity (Wildman–Crippen MR) is 67.3 cm³/mol. The van der Waals surface area contributed by atoms with Crippen molar-refractivity contribution in [3.8, 4) is 0 Å². The van der Waals surface area contributed by atoms with E-state index >= 15 is 0 Å². The van der Waals surface area contributed by atoms with Crippen LogP contribution in [0.3, 0.4) is 0 Å². The van der Waals surface area contributed by atoms with Crippen LogP contribution in [0.2, 0.25) is 0 Å². The number of fused-ring (bicyclic) bond motifs is 1. The van der Waals surface area contributed by atoms with Gasteiger partial charge in [-0.15, -0.1) is 0 Å². The van der Waals surface area contributed by atoms with E-state index in [1.165, 1.54) is 4.68 Å². The van der Waals surface area contributed by atoms with Crippen molar-refractivity contribution in [1.82, 2.24) is 19.7 Å². The number of carbonyl (C=O) groups is 1. The minimum atomic E-state index is -0.0274. The van der Waals surface area contributed by atoms with Crippen molar-refractivity contribution in [1.29, 1.82) is 0 Å². The molecule has 1 N–H and O–H groups in total. The van der Waals surface area contributed by atoms with Gasteiger partial charge in [0.15, 0.2) is 0 Å². The van der Waals surface area contributed by atoms with Gasteiger partial charge in [0.1, 0.15) is 5.82 Å². The van der Waals surface area contributed by atoms with E-state index in [1.54, 1.807) is 18.5 Å². The molecule has 1 aromatic carbocycles. The first-order chi connectivity index (χ1) is 8.83. The van der Waals surface area contributed by atoms with E-state index in [2.05, 4.69) is 15.1 Å². The lowest BCUT2D eigenvalue weighted by Crippen LogP contribution is -2.12. The van der Waals surface area contributed by atoms with Crippen molar-refractivity contribution in [2.75, 3.05) is 0 Å². The zero-order valence-corrected chi connectivity index (χ0v) is 9.71. The van der Waals surface area contributed by atoms with E-state index in [1.807, 2.05) is 24.3 Å². The fourth-order valence-electron chi connectivity index (χ4n) is 1.88. The fourth-order valence-corrected chi connectivity index (χ4v) is 1.88. The Balaban J connectivity index is 1.71. The topological polar surface area (TPSA) is 63.6 Å². The summed E-state index contributed by atoms with van der Waals surface area (Å²) in [7, 11) is 0. The molecule has 0 atom stereocenters. The van der Waals surface area contributed by atoms with Crippen LogP contribution in [0.25, 0.3) is 11.0 Å². The molecule has 90 valence electrons. The number of carbonyl (C=O) groups excluding carboxylic acids is 1. The van der Waals surface area contributed by atoms with Crippen LogP contribution in [0.5, 0.6) is 0 Å². The molecule has 0 amide bonds. The summed E-state index contributed by atoms with van der Waals surface area (Å²) in [6.07, 6.45) is 4.23. The molecule has 2 heterocycles. The molecule has 2 aromatic heterocycles. The van der Waals surface area contributed by atoms with E-state index in [4.69, 9.17) is 0 Å². The maximum absolute atomic E-state index is 11.8. The number of nitrogens with one attached hydrogen (secondary N) is 1. The zero-order valence-electron chi connectivity index (χ0n) is 9.71. The Hall–Kier alpha value is -2.43. The third-order valence-electron chi connectivity index (χ3n) is 2.77. The second kappa shape index (κ2) is 4.44. The summed E-state index contributed by atoms with van der Waals surface area (Å²) in [4.78, 5) is 19.4. The van der Waals surface area contributed by atoms with E-state index in [-0.39, 0.29) is 5.91 Å². The van der Waals surface area contributed by atoms with Crippen LogP contribution in [0.1, 0.15) is 17.0 Å². The third kappa shape index (κ3) is 2.02. The predicted octanol–water partition coefficient (Wildman–Crippen LogP) is 2.03. The Labute approximate surface area is 103 Å². The number of hydrogen-bond donors (Lipinski definition) is 1. The van der Waals surface area contributed by atoms with Crippen LogP contribution in [0.15, 0.2) is 42.7 Å². The summed E-state index contributed by atoms with van der Waals surface area (Å²) >= 11 is 0. The molecule has 0 saturated heterocycles. The molecule has 5 nitrogen and oxygen atoms in total. The first-order valence-corrected chi connectivity index (χ1v) is 5.79. The van der Waals surface area contributed by atoms with Crippen LogP contribution in [-0.4, -0.2) is 25.7 Å². The minimum Gasteiger partial charge on any atom is -0.342 e. The van der Waals surface area contributed by atoms with Crippen LogP contribution in [0, 0.1) is 0 Å². The largest absolute Gasteiger partial charge is 0.342 e. The van der Waals surface area contributed by atoms with Crippen molar-refractivity contribution < 1.29 is 4.79 Å². The number of benzene rings is 1. The van der Waals surface area contributed by atoms with E-state index in [0.29, 0.717) is 12.8 Å². The number of aryl methyl sites for hydroxylation is 1. The lowest BCUT2D eigenvalue weighted by Gasteiger charge is -1.98. The molecule has 18 heavy (non-hydrogen) atoms. The highest BCUT2D eigenvalue weighted by Crippen LogP contribution is 2.11. The normalized spacial score (nSPS) is 10.9. The number of rotatable bonds is 3. The Morgan fingerprint density at radius 2 is 2.17 bits per heavy atom. The molecule has 0 aliphatic heterocycles. The number of hydrogen-bond acceptors (Lipinski definition) is 3. The average molecular weight is 240 g/mol. The third-order valence-corrected chi connectivity index (χ3v) is 2.77. The first kappa shape index (κ1) is 10.7. The molecule has 0 saturated carbocycles. The summed E-state index contributed by atoms with van der Waals surface area (Å²) in [6, 6.07) is 9.56. The van der Waals surface area contributed by atoms with Gasteiger partial charge >= 0.3 is 0 Å². The summed E-state index contributed by atoms with van der Waals surface area (Å²) in [5, 5.41) is 3.91. The van der Waals surface area contributed by atoms with Gasteiger partial charge in [-0.1, -0.05) is 12.1 Å². The maximum Gasteiger partial charge on any atom is 0.247 e. The lowest BCUT2D eigenvalue weighted by molar-refractivity contribution is 0.0886. The monoisotopic (exact) mass is 240 g/mol. The number of aromatic nitrogens is 4. The number of nitrogens with zero attached hydrogens (tertiary/aromatic N) is 3. The lowest BCUT2D eigenvalue weighted by atomic mass is 10.3. The standard InChI is InChI=1S/C13H12N4O/c18-13(17-9-3-8-14-17)7-6-12-15-10-4-1-2-5-11(10)16-12/h1-5,8-9H,6-7H2,(H,15,16). The number of H-pyrrole nitrogens is 1. The van der Waals surface area contributed by atoms with Gasteiger partial charge in [-0.05, 0) is 18.2 Å². The molecule has 0 bridgehead atoms. The Morgan fingerprint density at radius 3 is 2.94 bits per heavy atom. The van der Waals surface area contributed by atoms with Gasteiger partial charge in [-0.3, -0.25) is 4.79 Å². The number of para-hydroxylation sites is 2. The van der Waals surface area contributed by atoms with Crippen LogP contribution in [0.4, 0.5) is 0 Å². The summed E-state index contributed by atoms with van der Waals surface area (Å²) < 4.78 is 1.35. The number of aromatic amines is 1. The molecule has 0 fully saturated rings. The molecule has 3 rings (SSSR count). The summed E-state index contributed by atoms with van der Waals surface area (Å²) in [5.74, 6) is 0.803. The van der Waals surface area contributed by atoms with Gasteiger partial charge in [0.2, 0.25) is 5.91 Å². The van der Waals surface area contributed by atoms with Crippen molar-refractivity contribution >= 4 is 16.9 Å². The quantitative estimate of drug-likeness (QED) is 0.761. The minimum absolute atomic E-state index is 0.0274. The zero-order chi connectivity index (χ0) is 12.4. The first-order valence-electron chi connectivity index (χ1n) is 5.79. The fraction of sp³-hybridized carbons (Fsp3) is 0.154. The van der Waals surface area contributed by atoms with Gasteiger partial charge in [-0.2, -0.15) is 5.10 Å². The second-order valence-electron chi connectivity index (χ2n) is 4.05. The van der Waals surface area contributed by atoms with Crippen LogP contribution in [-0.2, 0) is 6.42 Å². The molecule has 0 radical (unpaired) electrons. The van der Waals surface area contributed by atoms with E-state index < -0.39 is 0 Å². The second-order valence-corrected chi connectivity index (χ2v) is 4.05. The summed E-state index contributed by atoms with van der Waals surface area (Å²) in [6.45, 7) is 0. The van der Waals surface area contributed by atoms with Gasteiger partial charge in [0.05, 0.1) is 11.0 Å². The highest BCUT2D eigenvalue weighted by molar-refractivity contribution is 5.78. The van der Waals surface area contributed by atoms with Crippen molar-refractivity contribution in [3.05, 3.63) is 48.5 Å². The van der Waals surface area contributed by atoms with Crippen molar-refractivity contribution in [3.63, 3.8) is 0 Å². The highest BCUT2D eigenvalue weighted by Gasteiger charge is 2.07. The maximum atomic E-state index is 11.8. The summed E-state index contributed by atoms with van der Waals surface area (Å²) in [5.41, 5.74) is 1.93. The van der Waals surface area contributed by atoms with Crippen LogP contribution < -0.4 is 0 Å². The smallest absolute Gasteiger partial charge is 0.247 e. The Morgan fingerprint density at radius 1 is 1.28 bits per heavy atom. The SMILES string of the molecule is O=C(CCc1nc2ccccc2[nH]1)n1cccn1. The molecule has 3 aromatic rings. The van der Waals surface area contributed by atoms with Crippen molar-refractivity contribution in [2.45, 2.75) is 12.8 Å².